The molecule has 0 saturated carbocycles. The van der Waals surface area contributed by atoms with Crippen molar-refractivity contribution in [1.29, 1.82) is 0 Å². The third kappa shape index (κ3) is 3.66. The second-order valence-corrected chi connectivity index (χ2v) is 6.86. The molecule has 2 aromatic heterocycles. The van der Waals surface area contributed by atoms with Crippen molar-refractivity contribution in [2.45, 2.75) is 17.2 Å². The van der Waals surface area contributed by atoms with Gasteiger partial charge in [0.25, 0.3) is 0 Å². The smallest absolute Gasteiger partial charge is 0.308 e. The Hall–Kier alpha value is -1.64. The molecule has 2 heterocycles. The van der Waals surface area contributed by atoms with E-state index in [1.54, 1.807) is 12.1 Å². The van der Waals surface area contributed by atoms with E-state index in [1.807, 2.05) is 0 Å². The van der Waals surface area contributed by atoms with Gasteiger partial charge >= 0.3 is 5.97 Å². The minimum absolute atomic E-state index is 0.0570. The molecular weight excluding hydrogens is 290 g/mol. The van der Waals surface area contributed by atoms with Crippen molar-refractivity contribution in [3.63, 3.8) is 0 Å². The third-order valence-electron chi connectivity index (χ3n) is 2.24. The fourth-order valence-corrected chi connectivity index (χ4v) is 3.78. The third-order valence-corrected chi connectivity index (χ3v) is 5.22. The molecule has 0 unspecified atom stereocenters. The van der Waals surface area contributed by atoms with E-state index in [1.165, 1.54) is 18.4 Å². The van der Waals surface area contributed by atoms with Crippen molar-refractivity contribution in [3.8, 4) is 0 Å². The summed E-state index contributed by atoms with van der Waals surface area (Å²) in [5, 5.41) is 8.64. The molecule has 0 aromatic carbocycles. The molecule has 0 bridgehead atoms. The van der Waals surface area contributed by atoms with Crippen molar-refractivity contribution in [2.75, 3.05) is 0 Å². The molecule has 19 heavy (non-hydrogen) atoms. The van der Waals surface area contributed by atoms with Crippen LogP contribution in [0.2, 0.25) is 0 Å². The van der Waals surface area contributed by atoms with Gasteiger partial charge in [0.1, 0.15) is 9.97 Å². The van der Waals surface area contributed by atoms with Crippen LogP contribution < -0.4 is 4.72 Å². The average Bonchev–Trinajstić information content (AvgIpc) is 2.96. The highest BCUT2D eigenvalue weighted by atomic mass is 32.2. The van der Waals surface area contributed by atoms with Gasteiger partial charge in [-0.1, -0.05) is 0 Å². The molecule has 2 N–H and O–H groups in total. The molecule has 0 fully saturated rings. The quantitative estimate of drug-likeness (QED) is 0.841. The number of rotatable bonds is 6. The Labute approximate surface area is 113 Å². The first-order valence-electron chi connectivity index (χ1n) is 5.30. The zero-order valence-corrected chi connectivity index (χ0v) is 11.3. The first kappa shape index (κ1) is 13.8. The van der Waals surface area contributed by atoms with E-state index in [0.717, 1.165) is 11.3 Å². The van der Waals surface area contributed by atoms with E-state index in [4.69, 9.17) is 9.52 Å². The van der Waals surface area contributed by atoms with Gasteiger partial charge in [0, 0.05) is 4.88 Å². The lowest BCUT2D eigenvalue weighted by atomic mass is 10.3. The average molecular weight is 301 g/mol. The van der Waals surface area contributed by atoms with Crippen molar-refractivity contribution in [1.82, 2.24) is 4.72 Å². The lowest BCUT2D eigenvalue weighted by Crippen LogP contribution is -2.22. The number of carboxylic acid groups (broad SMARTS) is 1. The molecule has 0 aliphatic carbocycles. The van der Waals surface area contributed by atoms with Gasteiger partial charge in [-0.05, 0) is 24.3 Å². The molecule has 0 saturated heterocycles. The van der Waals surface area contributed by atoms with Crippen molar-refractivity contribution in [2.24, 2.45) is 0 Å². The summed E-state index contributed by atoms with van der Waals surface area (Å²) in [4.78, 5) is 11.0. The van der Waals surface area contributed by atoms with E-state index < -0.39 is 16.0 Å². The van der Waals surface area contributed by atoms with E-state index in [2.05, 4.69) is 4.72 Å². The number of nitrogens with one attached hydrogen (secondary N) is 1. The Morgan fingerprint density at radius 3 is 2.79 bits per heavy atom. The van der Waals surface area contributed by atoms with E-state index in [9.17, 15) is 13.2 Å². The molecular formula is C11H11NO5S2. The molecule has 6 nitrogen and oxygen atoms in total. The Bertz CT molecular complexity index is 657. The van der Waals surface area contributed by atoms with Gasteiger partial charge in [0.15, 0.2) is 0 Å². The number of furan rings is 1. The molecule has 0 spiro atoms. The molecule has 8 heteroatoms. The van der Waals surface area contributed by atoms with Crippen molar-refractivity contribution >= 4 is 27.3 Å². The Morgan fingerprint density at radius 2 is 2.16 bits per heavy atom. The zero-order valence-electron chi connectivity index (χ0n) is 9.70. The summed E-state index contributed by atoms with van der Waals surface area (Å²) in [5.74, 6) is -0.486. The Kier molecular flexibility index (Phi) is 4.03. The highest BCUT2D eigenvalue weighted by Gasteiger charge is 2.17. The zero-order chi connectivity index (χ0) is 13.9. The van der Waals surface area contributed by atoms with Crippen molar-refractivity contribution in [3.05, 3.63) is 41.2 Å². The van der Waals surface area contributed by atoms with Gasteiger partial charge in [-0.15, -0.1) is 11.3 Å². The molecule has 0 radical (unpaired) electrons. The highest BCUT2D eigenvalue weighted by Crippen LogP contribution is 2.22. The second kappa shape index (κ2) is 5.55. The molecule has 2 aromatic rings. The molecule has 2 rings (SSSR count). The first-order chi connectivity index (χ1) is 8.97. The second-order valence-electron chi connectivity index (χ2n) is 3.70. The van der Waals surface area contributed by atoms with Crippen molar-refractivity contribution < 1.29 is 22.7 Å². The summed E-state index contributed by atoms with van der Waals surface area (Å²) in [5.41, 5.74) is 0. The fraction of sp³-hybridized carbons (Fsp3) is 0.182. The van der Waals surface area contributed by atoms with Crippen LogP contribution in [-0.4, -0.2) is 19.5 Å². The van der Waals surface area contributed by atoms with Gasteiger partial charge in [0.05, 0.1) is 19.2 Å². The Balaban J connectivity index is 2.06. The predicted octanol–water partition coefficient (Wildman–Crippen LogP) is 1.45. The number of aliphatic carboxylic acids is 1. The van der Waals surface area contributed by atoms with Gasteiger partial charge in [0.2, 0.25) is 10.0 Å². The number of carboxylic acids is 1. The Morgan fingerprint density at radius 1 is 1.37 bits per heavy atom. The van der Waals surface area contributed by atoms with Crippen LogP contribution in [-0.2, 0) is 27.8 Å². The number of hydrogen-bond donors (Lipinski definition) is 2. The van der Waals surface area contributed by atoms with Crippen LogP contribution in [0.5, 0.6) is 0 Å². The monoisotopic (exact) mass is 301 g/mol. The fourth-order valence-electron chi connectivity index (χ4n) is 1.40. The minimum Gasteiger partial charge on any atom is -0.481 e. The minimum atomic E-state index is -3.64. The van der Waals surface area contributed by atoms with Gasteiger partial charge in [-0.3, -0.25) is 4.79 Å². The molecule has 0 atom stereocenters. The molecule has 0 aliphatic heterocycles. The maximum absolute atomic E-state index is 11.9. The molecule has 0 aliphatic rings. The maximum atomic E-state index is 11.9. The number of thiophene rings is 1. The van der Waals surface area contributed by atoms with Crippen LogP contribution in [0.15, 0.2) is 39.2 Å². The first-order valence-corrected chi connectivity index (χ1v) is 7.60. The lowest BCUT2D eigenvalue weighted by molar-refractivity contribution is -0.136. The van der Waals surface area contributed by atoms with E-state index in [0.29, 0.717) is 10.6 Å². The highest BCUT2D eigenvalue weighted by molar-refractivity contribution is 7.91. The van der Waals surface area contributed by atoms with Gasteiger partial charge in [-0.2, -0.15) is 0 Å². The summed E-state index contributed by atoms with van der Waals surface area (Å²) in [6.07, 6.45) is 1.28. The largest absolute Gasteiger partial charge is 0.481 e. The molecule has 0 amide bonds. The number of hydrogen-bond acceptors (Lipinski definition) is 5. The van der Waals surface area contributed by atoms with Crippen LogP contribution in [0.3, 0.4) is 0 Å². The number of sulfonamides is 1. The predicted molar refractivity (Wildman–Crippen MR) is 68.4 cm³/mol. The van der Waals surface area contributed by atoms with Crippen LogP contribution in [0.1, 0.15) is 10.6 Å². The van der Waals surface area contributed by atoms with Crippen LogP contribution in [0, 0.1) is 0 Å². The topological polar surface area (TPSA) is 96.6 Å². The molecule has 102 valence electrons. The lowest BCUT2D eigenvalue weighted by Gasteiger charge is -2.02. The maximum Gasteiger partial charge on any atom is 0.308 e. The summed E-state index contributed by atoms with van der Waals surface area (Å²) in [7, 11) is -3.64. The summed E-state index contributed by atoms with van der Waals surface area (Å²) >= 11 is 0.943. The normalized spacial score (nSPS) is 11.6. The van der Waals surface area contributed by atoms with E-state index >= 15 is 0 Å². The summed E-state index contributed by atoms with van der Waals surface area (Å²) in [6, 6.07) is 6.22. The van der Waals surface area contributed by atoms with Crippen LogP contribution in [0.25, 0.3) is 0 Å². The SMILES string of the molecule is O=C(O)Cc1ccc(S(=O)(=O)NCc2ccco2)s1. The summed E-state index contributed by atoms with van der Waals surface area (Å²) in [6.45, 7) is 0.0570. The van der Waals surface area contributed by atoms with Gasteiger partial charge in [-0.25, -0.2) is 13.1 Å². The standard InChI is InChI=1S/C11H11NO5S2/c13-10(14)6-9-3-4-11(18-9)19(15,16)12-7-8-2-1-5-17-8/h1-5,12H,6-7H2,(H,13,14). The van der Waals surface area contributed by atoms with E-state index in [-0.39, 0.29) is 17.2 Å². The van der Waals surface area contributed by atoms with Gasteiger partial charge < -0.3 is 9.52 Å². The summed E-state index contributed by atoms with van der Waals surface area (Å²) < 4.78 is 31.4. The van der Waals surface area contributed by atoms with Crippen LogP contribution >= 0.6 is 11.3 Å². The van der Waals surface area contributed by atoms with Crippen LogP contribution in [0.4, 0.5) is 0 Å². The number of carbonyl (C=O) groups is 1.